The Balaban J connectivity index is 1.76. The van der Waals surface area contributed by atoms with E-state index in [9.17, 15) is 19.7 Å². The first-order valence-electron chi connectivity index (χ1n) is 7.87. The molecule has 0 unspecified atom stereocenters. The first-order valence-corrected chi connectivity index (χ1v) is 9.10. The SMILES string of the molecule is CSc1ccc(CN(C)CN2C(=O)c3cccc([N+](=O)[O-])c3C2=O)cc1. The molecule has 1 aliphatic rings. The molecule has 1 heterocycles. The largest absolute Gasteiger partial charge is 0.284 e. The minimum absolute atomic E-state index is 0.0633. The van der Waals surface area contributed by atoms with Crippen LogP contribution in [0.1, 0.15) is 26.3 Å². The van der Waals surface area contributed by atoms with Gasteiger partial charge in [0, 0.05) is 17.5 Å². The Kier molecular flexibility index (Phi) is 5.06. The fourth-order valence-electron chi connectivity index (χ4n) is 2.93. The Morgan fingerprint density at radius 1 is 1.12 bits per heavy atom. The van der Waals surface area contributed by atoms with Gasteiger partial charge in [0.1, 0.15) is 5.56 Å². The van der Waals surface area contributed by atoms with E-state index in [0.717, 1.165) is 15.4 Å². The fourth-order valence-corrected chi connectivity index (χ4v) is 3.34. The first-order chi connectivity index (χ1) is 12.4. The highest BCUT2D eigenvalue weighted by Gasteiger charge is 2.41. The molecule has 0 radical (unpaired) electrons. The van der Waals surface area contributed by atoms with Crippen molar-refractivity contribution in [2.75, 3.05) is 20.0 Å². The zero-order valence-electron chi connectivity index (χ0n) is 14.3. The lowest BCUT2D eigenvalue weighted by Crippen LogP contribution is -2.39. The van der Waals surface area contributed by atoms with Crippen LogP contribution in [0.2, 0.25) is 0 Å². The topological polar surface area (TPSA) is 83.8 Å². The molecular weight excluding hydrogens is 354 g/mol. The summed E-state index contributed by atoms with van der Waals surface area (Å²) in [5, 5.41) is 11.1. The number of carbonyl (C=O) groups excluding carboxylic acids is 2. The van der Waals surface area contributed by atoms with Crippen molar-refractivity contribution in [3.05, 3.63) is 69.3 Å². The van der Waals surface area contributed by atoms with Crippen LogP contribution < -0.4 is 0 Å². The summed E-state index contributed by atoms with van der Waals surface area (Å²) in [6.07, 6.45) is 2.00. The lowest BCUT2D eigenvalue weighted by atomic mass is 10.1. The van der Waals surface area contributed by atoms with Crippen LogP contribution in [0, 0.1) is 10.1 Å². The van der Waals surface area contributed by atoms with Gasteiger partial charge in [-0.05, 0) is 37.1 Å². The molecule has 2 aromatic rings. The third-order valence-corrected chi connectivity index (χ3v) is 4.91. The number of hydrogen-bond acceptors (Lipinski definition) is 6. The van der Waals surface area contributed by atoms with Gasteiger partial charge in [0.15, 0.2) is 0 Å². The van der Waals surface area contributed by atoms with Crippen LogP contribution in [-0.4, -0.2) is 46.5 Å². The fraction of sp³-hybridized carbons (Fsp3) is 0.222. The molecule has 2 aromatic carbocycles. The molecule has 0 aliphatic carbocycles. The average molecular weight is 371 g/mol. The maximum atomic E-state index is 12.6. The number of amides is 2. The predicted molar refractivity (Wildman–Crippen MR) is 98.2 cm³/mol. The highest BCUT2D eigenvalue weighted by molar-refractivity contribution is 7.98. The molecule has 0 fully saturated rings. The van der Waals surface area contributed by atoms with Crippen molar-refractivity contribution >= 4 is 29.3 Å². The minimum Gasteiger partial charge on any atom is -0.284 e. The van der Waals surface area contributed by atoms with Crippen LogP contribution in [0.4, 0.5) is 5.69 Å². The second-order valence-electron chi connectivity index (χ2n) is 6.00. The van der Waals surface area contributed by atoms with Gasteiger partial charge in [-0.3, -0.25) is 29.5 Å². The van der Waals surface area contributed by atoms with Crippen molar-refractivity contribution in [2.24, 2.45) is 0 Å². The van der Waals surface area contributed by atoms with Gasteiger partial charge in [0.2, 0.25) is 0 Å². The van der Waals surface area contributed by atoms with Crippen LogP contribution in [0.3, 0.4) is 0 Å². The molecule has 0 saturated heterocycles. The molecule has 0 aromatic heterocycles. The van der Waals surface area contributed by atoms with Gasteiger partial charge in [-0.2, -0.15) is 0 Å². The summed E-state index contributed by atoms with van der Waals surface area (Å²) >= 11 is 1.65. The Hall–Kier alpha value is -2.71. The Bertz CT molecular complexity index is 883. The molecule has 2 amide bonds. The molecule has 0 saturated carbocycles. The maximum Gasteiger partial charge on any atom is 0.282 e. The summed E-state index contributed by atoms with van der Waals surface area (Å²) in [4.78, 5) is 39.6. The molecule has 0 N–H and O–H groups in total. The Morgan fingerprint density at radius 3 is 2.42 bits per heavy atom. The van der Waals surface area contributed by atoms with E-state index in [1.807, 2.05) is 35.4 Å². The van der Waals surface area contributed by atoms with E-state index >= 15 is 0 Å². The summed E-state index contributed by atoms with van der Waals surface area (Å²) in [6.45, 7) is 0.609. The van der Waals surface area contributed by atoms with E-state index in [0.29, 0.717) is 6.54 Å². The standard InChI is InChI=1S/C18H17N3O4S/c1-19(10-12-6-8-13(26-2)9-7-12)11-20-17(22)14-4-3-5-15(21(24)25)16(14)18(20)23/h3-9H,10-11H2,1-2H3. The van der Waals surface area contributed by atoms with Crippen molar-refractivity contribution in [1.82, 2.24) is 9.80 Å². The number of thioether (sulfide) groups is 1. The van der Waals surface area contributed by atoms with Gasteiger partial charge < -0.3 is 0 Å². The van der Waals surface area contributed by atoms with E-state index in [2.05, 4.69) is 0 Å². The monoisotopic (exact) mass is 371 g/mol. The number of fused-ring (bicyclic) bond motifs is 1. The van der Waals surface area contributed by atoms with Crippen LogP contribution in [-0.2, 0) is 6.54 Å². The summed E-state index contributed by atoms with van der Waals surface area (Å²) in [5.74, 6) is -1.12. The molecule has 3 rings (SSSR count). The predicted octanol–water partition coefficient (Wildman–Crippen LogP) is 3.00. The molecule has 134 valence electrons. The summed E-state index contributed by atoms with van der Waals surface area (Å²) in [6, 6.07) is 12.1. The number of imide groups is 1. The normalized spacial score (nSPS) is 13.4. The number of benzene rings is 2. The van der Waals surface area contributed by atoms with E-state index in [1.54, 1.807) is 18.8 Å². The molecule has 0 spiro atoms. The number of nitro groups is 1. The second-order valence-corrected chi connectivity index (χ2v) is 6.88. The van der Waals surface area contributed by atoms with Gasteiger partial charge in [-0.1, -0.05) is 18.2 Å². The van der Waals surface area contributed by atoms with Crippen molar-refractivity contribution < 1.29 is 14.5 Å². The molecule has 0 bridgehead atoms. The molecular formula is C18H17N3O4S. The first kappa shape index (κ1) is 18.1. The highest BCUT2D eigenvalue weighted by Crippen LogP contribution is 2.30. The van der Waals surface area contributed by atoms with Crippen LogP contribution >= 0.6 is 11.8 Å². The lowest BCUT2D eigenvalue weighted by molar-refractivity contribution is -0.385. The van der Waals surface area contributed by atoms with Crippen molar-refractivity contribution in [3.8, 4) is 0 Å². The third-order valence-electron chi connectivity index (χ3n) is 4.17. The number of nitrogens with zero attached hydrogens (tertiary/aromatic N) is 3. The quantitative estimate of drug-likeness (QED) is 0.336. The summed E-state index contributed by atoms with van der Waals surface area (Å²) < 4.78 is 0. The van der Waals surface area contributed by atoms with E-state index < -0.39 is 16.7 Å². The smallest absolute Gasteiger partial charge is 0.282 e. The molecule has 7 nitrogen and oxygen atoms in total. The number of hydrogen-bond donors (Lipinski definition) is 0. The van der Waals surface area contributed by atoms with Crippen LogP contribution in [0.15, 0.2) is 47.4 Å². The third kappa shape index (κ3) is 3.33. The second kappa shape index (κ2) is 7.27. The van der Waals surface area contributed by atoms with Gasteiger partial charge in [-0.25, -0.2) is 0 Å². The van der Waals surface area contributed by atoms with Gasteiger partial charge in [0.05, 0.1) is 17.2 Å². The molecule has 8 heteroatoms. The molecule has 26 heavy (non-hydrogen) atoms. The zero-order valence-corrected chi connectivity index (χ0v) is 15.2. The summed E-state index contributed by atoms with van der Waals surface area (Å²) in [5.41, 5.74) is 0.675. The van der Waals surface area contributed by atoms with Crippen LogP contribution in [0.25, 0.3) is 0 Å². The lowest BCUT2D eigenvalue weighted by Gasteiger charge is -2.22. The van der Waals surface area contributed by atoms with E-state index in [4.69, 9.17) is 0 Å². The maximum absolute atomic E-state index is 12.6. The van der Waals surface area contributed by atoms with Gasteiger partial charge in [-0.15, -0.1) is 11.8 Å². The number of rotatable bonds is 6. The van der Waals surface area contributed by atoms with Crippen molar-refractivity contribution in [3.63, 3.8) is 0 Å². The van der Waals surface area contributed by atoms with Gasteiger partial charge >= 0.3 is 0 Å². The van der Waals surface area contributed by atoms with Gasteiger partial charge in [0.25, 0.3) is 17.5 Å². The average Bonchev–Trinajstić information content (AvgIpc) is 2.87. The minimum atomic E-state index is -0.634. The zero-order chi connectivity index (χ0) is 18.8. The number of carbonyl (C=O) groups is 2. The van der Waals surface area contributed by atoms with Crippen LogP contribution in [0.5, 0.6) is 0 Å². The molecule has 1 aliphatic heterocycles. The Labute approximate surface area is 154 Å². The van der Waals surface area contributed by atoms with E-state index in [-0.39, 0.29) is 23.5 Å². The van der Waals surface area contributed by atoms with Crippen molar-refractivity contribution in [2.45, 2.75) is 11.4 Å². The highest BCUT2D eigenvalue weighted by atomic mass is 32.2. The van der Waals surface area contributed by atoms with Crippen molar-refractivity contribution in [1.29, 1.82) is 0 Å². The summed E-state index contributed by atoms with van der Waals surface area (Å²) in [7, 11) is 1.79. The molecule has 0 atom stereocenters. The Morgan fingerprint density at radius 2 is 1.81 bits per heavy atom. The number of nitro benzene ring substituents is 1. The van der Waals surface area contributed by atoms with E-state index in [1.165, 1.54) is 18.2 Å².